The van der Waals surface area contributed by atoms with Crippen molar-refractivity contribution in [1.82, 2.24) is 9.91 Å². The van der Waals surface area contributed by atoms with E-state index < -0.39 is 11.8 Å². The molecular formula is C41H45N3O4. The maximum Gasteiger partial charge on any atom is 0.275 e. The molecule has 0 aliphatic carbocycles. The lowest BCUT2D eigenvalue weighted by molar-refractivity contribution is 0.0514. The average Bonchev–Trinajstić information content (AvgIpc) is 3.10. The minimum atomic E-state index is -0.528. The van der Waals surface area contributed by atoms with Gasteiger partial charge in [0.05, 0.1) is 11.1 Å². The van der Waals surface area contributed by atoms with Gasteiger partial charge in [-0.05, 0) is 69.4 Å². The van der Waals surface area contributed by atoms with Crippen molar-refractivity contribution in [3.05, 3.63) is 70.8 Å². The van der Waals surface area contributed by atoms with Crippen molar-refractivity contribution in [2.24, 2.45) is 5.84 Å². The highest BCUT2D eigenvalue weighted by atomic mass is 16.2. The van der Waals surface area contributed by atoms with E-state index in [9.17, 15) is 19.2 Å². The molecule has 4 amide bonds. The molecule has 0 saturated carbocycles. The Morgan fingerprint density at radius 3 is 1.17 bits per heavy atom. The number of hydrogen-bond donors (Lipinski definition) is 1. The first-order valence-corrected chi connectivity index (χ1v) is 18.1. The van der Waals surface area contributed by atoms with E-state index in [2.05, 4.69) is 13.8 Å². The number of nitrogens with two attached hydrogens (primary N) is 1. The van der Waals surface area contributed by atoms with Crippen LogP contribution in [0, 0.1) is 0 Å². The second-order valence-corrected chi connectivity index (χ2v) is 13.9. The number of fused-ring (bicyclic) bond motifs is 2. The molecule has 7 heteroatoms. The van der Waals surface area contributed by atoms with Gasteiger partial charge in [0, 0.05) is 27.9 Å². The molecule has 5 aromatic rings. The summed E-state index contributed by atoms with van der Waals surface area (Å²) in [5, 5.41) is 7.21. The standard InChI is InChI=1S/C41H45N3O4/c1-3-5-7-9-11-13-15-25(16-14-12-10-8-6-4-2)43-38(45)30-21-17-26-28-19-23-32-37-33(41(48)44(42)40(32)47)24-20-29(35(28)37)27-18-22-31(39(43)46)36(30)34(26)27/h17-25H,3-16,42H2,1-2H3. The van der Waals surface area contributed by atoms with Crippen molar-refractivity contribution in [1.29, 1.82) is 0 Å². The van der Waals surface area contributed by atoms with Gasteiger partial charge < -0.3 is 0 Å². The van der Waals surface area contributed by atoms with Gasteiger partial charge in [0.15, 0.2) is 0 Å². The first-order chi connectivity index (χ1) is 23.4. The van der Waals surface area contributed by atoms with Crippen LogP contribution in [0.1, 0.15) is 145 Å². The maximum absolute atomic E-state index is 14.4. The summed E-state index contributed by atoms with van der Waals surface area (Å²) in [6.07, 6.45) is 15.7. The van der Waals surface area contributed by atoms with Crippen molar-refractivity contribution in [2.75, 3.05) is 0 Å². The Kier molecular flexibility index (Phi) is 8.90. The van der Waals surface area contributed by atoms with E-state index in [1.165, 1.54) is 51.4 Å². The molecule has 0 atom stereocenters. The molecule has 7 nitrogen and oxygen atoms in total. The normalized spacial score (nSPS) is 14.8. The molecule has 7 rings (SSSR count). The van der Waals surface area contributed by atoms with Crippen LogP contribution in [0.5, 0.6) is 0 Å². The smallest absolute Gasteiger partial charge is 0.271 e. The number of benzene rings is 5. The van der Waals surface area contributed by atoms with Gasteiger partial charge in [0.25, 0.3) is 23.6 Å². The van der Waals surface area contributed by atoms with Crippen LogP contribution in [0.25, 0.3) is 43.1 Å². The van der Waals surface area contributed by atoms with Crippen molar-refractivity contribution in [3.63, 3.8) is 0 Å². The molecule has 0 spiro atoms. The Hall–Kier alpha value is -4.36. The van der Waals surface area contributed by atoms with E-state index in [1.54, 1.807) is 17.0 Å². The minimum Gasteiger partial charge on any atom is -0.271 e. The number of carbonyl (C=O) groups excluding carboxylic acids is 4. The largest absolute Gasteiger partial charge is 0.275 e. The second kappa shape index (κ2) is 13.3. The second-order valence-electron chi connectivity index (χ2n) is 13.9. The number of amides is 4. The zero-order valence-corrected chi connectivity index (χ0v) is 28.2. The number of unbranched alkanes of at least 4 members (excludes halogenated alkanes) is 10. The summed E-state index contributed by atoms with van der Waals surface area (Å²) in [6, 6.07) is 14.8. The molecule has 2 aliphatic heterocycles. The molecule has 5 aromatic carbocycles. The number of carbonyl (C=O) groups is 4. The zero-order chi connectivity index (χ0) is 33.5. The van der Waals surface area contributed by atoms with Gasteiger partial charge in [0.2, 0.25) is 0 Å². The lowest BCUT2D eigenvalue weighted by atomic mass is 9.82. The van der Waals surface area contributed by atoms with Crippen molar-refractivity contribution in [3.8, 4) is 0 Å². The van der Waals surface area contributed by atoms with E-state index in [-0.39, 0.29) is 17.9 Å². The molecule has 0 bridgehead atoms. The summed E-state index contributed by atoms with van der Waals surface area (Å²) in [7, 11) is 0. The first kappa shape index (κ1) is 32.2. The zero-order valence-electron chi connectivity index (χ0n) is 28.2. The number of imide groups is 2. The van der Waals surface area contributed by atoms with Crippen LogP contribution in [0.3, 0.4) is 0 Å². The number of rotatable bonds is 15. The lowest BCUT2D eigenvalue weighted by Gasteiger charge is -2.35. The number of nitrogens with zero attached hydrogens (tertiary/aromatic N) is 2. The maximum atomic E-state index is 14.4. The van der Waals surface area contributed by atoms with E-state index in [0.717, 1.165) is 70.8 Å². The summed E-state index contributed by atoms with van der Waals surface area (Å²) < 4.78 is 0. The third-order valence-electron chi connectivity index (χ3n) is 10.8. The summed E-state index contributed by atoms with van der Waals surface area (Å²) in [4.78, 5) is 56.5. The van der Waals surface area contributed by atoms with Gasteiger partial charge in [-0.2, -0.15) is 0 Å². The van der Waals surface area contributed by atoms with Crippen molar-refractivity contribution >= 4 is 66.7 Å². The average molecular weight is 644 g/mol. The monoisotopic (exact) mass is 643 g/mol. The predicted molar refractivity (Wildman–Crippen MR) is 193 cm³/mol. The van der Waals surface area contributed by atoms with Crippen LogP contribution in [0.4, 0.5) is 0 Å². The Morgan fingerprint density at radius 2 is 0.792 bits per heavy atom. The highest BCUT2D eigenvalue weighted by Crippen LogP contribution is 2.46. The van der Waals surface area contributed by atoms with Gasteiger partial charge >= 0.3 is 0 Å². The van der Waals surface area contributed by atoms with Crippen LogP contribution >= 0.6 is 0 Å². The lowest BCUT2D eigenvalue weighted by Crippen LogP contribution is -2.47. The van der Waals surface area contributed by atoms with E-state index >= 15 is 0 Å². The fraction of sp³-hybridized carbons (Fsp3) is 0.415. The SMILES string of the molecule is CCCCCCCCC(CCCCCCCC)N1C(=O)c2ccc3c4ccc5c6c(ccc(c7ccc(c2c37)C1=O)c64)C(=O)N(N)C5=O. The first-order valence-electron chi connectivity index (χ1n) is 18.1. The molecule has 0 radical (unpaired) electrons. The van der Waals surface area contributed by atoms with Gasteiger partial charge in [-0.25, -0.2) is 10.9 Å². The van der Waals surface area contributed by atoms with Gasteiger partial charge in [0.1, 0.15) is 0 Å². The van der Waals surface area contributed by atoms with Crippen LogP contribution in [-0.4, -0.2) is 39.6 Å². The highest BCUT2D eigenvalue weighted by Gasteiger charge is 2.39. The van der Waals surface area contributed by atoms with Crippen molar-refractivity contribution in [2.45, 2.75) is 110 Å². The van der Waals surface area contributed by atoms with Crippen molar-refractivity contribution < 1.29 is 19.2 Å². The fourth-order valence-corrected chi connectivity index (χ4v) is 8.36. The predicted octanol–water partition coefficient (Wildman–Crippen LogP) is 9.67. The Labute approximate surface area is 281 Å². The number of hydrogen-bond acceptors (Lipinski definition) is 5. The van der Waals surface area contributed by atoms with E-state index in [4.69, 9.17) is 5.84 Å². The fourth-order valence-electron chi connectivity index (χ4n) is 8.36. The summed E-state index contributed by atoms with van der Waals surface area (Å²) >= 11 is 0. The van der Waals surface area contributed by atoms with Crippen LogP contribution in [-0.2, 0) is 0 Å². The summed E-state index contributed by atoms with van der Waals surface area (Å²) in [6.45, 7) is 4.45. The molecule has 0 unspecified atom stereocenters. The third kappa shape index (κ3) is 5.14. The third-order valence-corrected chi connectivity index (χ3v) is 10.8. The van der Waals surface area contributed by atoms with Crippen LogP contribution in [0.2, 0.25) is 0 Å². The molecule has 248 valence electrons. The van der Waals surface area contributed by atoms with Gasteiger partial charge in [-0.15, -0.1) is 0 Å². The Balaban J connectivity index is 1.29. The molecule has 0 fully saturated rings. The molecule has 0 aromatic heterocycles. The Bertz CT molecular complexity index is 1950. The topological polar surface area (TPSA) is 101 Å². The number of hydrazine groups is 1. The Morgan fingerprint density at radius 1 is 0.458 bits per heavy atom. The minimum absolute atomic E-state index is 0.119. The molecule has 2 aliphatic rings. The summed E-state index contributed by atoms with van der Waals surface area (Å²) in [5.74, 6) is 4.40. The van der Waals surface area contributed by atoms with Crippen LogP contribution in [0.15, 0.2) is 48.5 Å². The van der Waals surface area contributed by atoms with E-state index in [0.29, 0.717) is 38.0 Å². The molecule has 2 N–H and O–H groups in total. The molecule has 48 heavy (non-hydrogen) atoms. The molecule has 0 saturated heterocycles. The summed E-state index contributed by atoms with van der Waals surface area (Å²) in [5.41, 5.74) is 1.92. The quantitative estimate of drug-likeness (QED) is 0.0306. The van der Waals surface area contributed by atoms with Crippen LogP contribution < -0.4 is 5.84 Å². The van der Waals surface area contributed by atoms with Gasteiger partial charge in [-0.3, -0.25) is 24.1 Å². The van der Waals surface area contributed by atoms with E-state index in [1.807, 2.05) is 36.4 Å². The molecular weight excluding hydrogens is 598 g/mol. The highest BCUT2D eigenvalue weighted by molar-refractivity contribution is 6.41. The van der Waals surface area contributed by atoms with Gasteiger partial charge in [-0.1, -0.05) is 115 Å². The molecule has 2 heterocycles.